The fraction of sp³-hybridized carbons (Fsp3) is 0.733. The SMILES string of the molecule is CNc1cncc([C@H]2CCCN2CC2(O)CCOCC2)n1. The van der Waals surface area contributed by atoms with E-state index < -0.39 is 5.60 Å². The summed E-state index contributed by atoms with van der Waals surface area (Å²) in [6.45, 7) is 3.03. The summed E-state index contributed by atoms with van der Waals surface area (Å²) in [4.78, 5) is 11.2. The first-order chi connectivity index (χ1) is 10.2. The molecule has 6 heteroatoms. The van der Waals surface area contributed by atoms with Gasteiger partial charge in [-0.05, 0) is 19.4 Å². The molecule has 21 heavy (non-hydrogen) atoms. The molecule has 2 saturated heterocycles. The fourth-order valence-electron chi connectivity index (χ4n) is 3.30. The molecule has 0 aromatic carbocycles. The lowest BCUT2D eigenvalue weighted by Crippen LogP contribution is -2.46. The van der Waals surface area contributed by atoms with Gasteiger partial charge < -0.3 is 15.2 Å². The average molecular weight is 292 g/mol. The molecule has 3 rings (SSSR count). The summed E-state index contributed by atoms with van der Waals surface area (Å²) in [6, 6.07) is 0.262. The van der Waals surface area contributed by atoms with E-state index >= 15 is 0 Å². The number of β-amino-alcohol motifs (C(OH)–C–C–N with tert-alkyl or cyclic N) is 1. The number of likely N-dealkylation sites (tertiary alicyclic amines) is 1. The van der Waals surface area contributed by atoms with Crippen molar-refractivity contribution < 1.29 is 9.84 Å². The van der Waals surface area contributed by atoms with Crippen molar-refractivity contribution in [2.75, 3.05) is 38.7 Å². The first kappa shape index (κ1) is 14.7. The standard InChI is InChI=1S/C15H24N4O2/c1-16-14-10-17-9-12(18-14)13-3-2-6-19(13)11-15(20)4-7-21-8-5-15/h9-10,13,20H,2-8,11H2,1H3,(H,16,18)/t13-/m1/s1. The lowest BCUT2D eigenvalue weighted by Gasteiger charge is -2.37. The molecule has 2 N–H and O–H groups in total. The molecule has 0 radical (unpaired) electrons. The number of hydrogen-bond donors (Lipinski definition) is 2. The third-order valence-corrected chi connectivity index (χ3v) is 4.54. The normalized spacial score (nSPS) is 25.9. The van der Waals surface area contributed by atoms with Crippen LogP contribution < -0.4 is 5.32 Å². The van der Waals surface area contributed by atoms with E-state index in [1.165, 1.54) is 0 Å². The van der Waals surface area contributed by atoms with Gasteiger partial charge in [-0.15, -0.1) is 0 Å². The van der Waals surface area contributed by atoms with Crippen LogP contribution in [0.25, 0.3) is 0 Å². The Kier molecular flexibility index (Phi) is 4.37. The van der Waals surface area contributed by atoms with Crippen molar-refractivity contribution in [2.45, 2.75) is 37.3 Å². The second-order valence-electron chi connectivity index (χ2n) is 6.04. The Labute approximate surface area is 125 Å². The molecule has 1 aromatic rings. The minimum Gasteiger partial charge on any atom is -0.388 e. The highest BCUT2D eigenvalue weighted by Crippen LogP contribution is 2.34. The molecule has 2 fully saturated rings. The Hall–Kier alpha value is -1.24. The molecule has 6 nitrogen and oxygen atoms in total. The van der Waals surface area contributed by atoms with Crippen molar-refractivity contribution in [1.82, 2.24) is 14.9 Å². The summed E-state index contributed by atoms with van der Waals surface area (Å²) in [7, 11) is 1.85. The number of anilines is 1. The summed E-state index contributed by atoms with van der Waals surface area (Å²) in [5.41, 5.74) is 0.379. The smallest absolute Gasteiger partial charge is 0.144 e. The second-order valence-corrected chi connectivity index (χ2v) is 6.04. The number of hydrogen-bond acceptors (Lipinski definition) is 6. The number of aliphatic hydroxyl groups is 1. The lowest BCUT2D eigenvalue weighted by molar-refractivity contribution is -0.0817. The minimum atomic E-state index is -0.616. The second kappa shape index (κ2) is 6.25. The van der Waals surface area contributed by atoms with Crippen LogP contribution >= 0.6 is 0 Å². The van der Waals surface area contributed by atoms with E-state index in [1.807, 2.05) is 13.2 Å². The summed E-state index contributed by atoms with van der Waals surface area (Å²) in [6.07, 6.45) is 7.24. The van der Waals surface area contributed by atoms with Crippen LogP contribution in [0.15, 0.2) is 12.4 Å². The van der Waals surface area contributed by atoms with E-state index in [4.69, 9.17) is 4.74 Å². The van der Waals surface area contributed by atoms with Gasteiger partial charge in [0.25, 0.3) is 0 Å². The molecular formula is C15H24N4O2. The molecule has 2 aliphatic rings. The zero-order chi connectivity index (χ0) is 14.7. The van der Waals surface area contributed by atoms with Gasteiger partial charge in [-0.25, -0.2) is 4.98 Å². The number of ether oxygens (including phenoxy) is 1. The van der Waals surface area contributed by atoms with Crippen LogP contribution in [-0.2, 0) is 4.74 Å². The van der Waals surface area contributed by atoms with Gasteiger partial charge in [-0.2, -0.15) is 0 Å². The first-order valence-electron chi connectivity index (χ1n) is 7.74. The molecule has 0 unspecified atom stereocenters. The van der Waals surface area contributed by atoms with E-state index in [9.17, 15) is 5.11 Å². The van der Waals surface area contributed by atoms with Crippen molar-refractivity contribution in [3.8, 4) is 0 Å². The van der Waals surface area contributed by atoms with Crippen molar-refractivity contribution in [3.05, 3.63) is 18.1 Å². The molecule has 1 aromatic heterocycles. The van der Waals surface area contributed by atoms with Crippen molar-refractivity contribution in [2.24, 2.45) is 0 Å². The van der Waals surface area contributed by atoms with Crippen LogP contribution in [0.2, 0.25) is 0 Å². The van der Waals surface area contributed by atoms with Crippen LogP contribution in [0.1, 0.15) is 37.4 Å². The monoisotopic (exact) mass is 292 g/mol. The van der Waals surface area contributed by atoms with Gasteiger partial charge in [0, 0.05) is 39.6 Å². The van der Waals surface area contributed by atoms with Crippen molar-refractivity contribution in [1.29, 1.82) is 0 Å². The quantitative estimate of drug-likeness (QED) is 0.869. The molecule has 2 aliphatic heterocycles. The third-order valence-electron chi connectivity index (χ3n) is 4.54. The van der Waals surface area contributed by atoms with Crippen LogP contribution in [0.5, 0.6) is 0 Å². The van der Waals surface area contributed by atoms with Gasteiger partial charge in [0.1, 0.15) is 5.82 Å². The van der Waals surface area contributed by atoms with E-state index in [0.717, 1.165) is 43.7 Å². The maximum Gasteiger partial charge on any atom is 0.144 e. The molecule has 1 atom stereocenters. The molecule has 3 heterocycles. The number of aromatic nitrogens is 2. The summed E-state index contributed by atoms with van der Waals surface area (Å²) in [5, 5.41) is 13.8. The molecule has 0 spiro atoms. The summed E-state index contributed by atoms with van der Waals surface area (Å²) < 4.78 is 5.36. The topological polar surface area (TPSA) is 70.5 Å². The Morgan fingerprint density at radius 2 is 2.24 bits per heavy atom. The molecular weight excluding hydrogens is 268 g/mol. The van der Waals surface area contributed by atoms with Crippen LogP contribution in [0, 0.1) is 0 Å². The average Bonchev–Trinajstić information content (AvgIpc) is 2.95. The number of nitrogens with one attached hydrogen (secondary N) is 1. The molecule has 0 bridgehead atoms. The van der Waals surface area contributed by atoms with E-state index in [1.54, 1.807) is 6.20 Å². The number of rotatable bonds is 4. The van der Waals surface area contributed by atoms with Crippen LogP contribution in [0.4, 0.5) is 5.82 Å². The van der Waals surface area contributed by atoms with Gasteiger partial charge in [0.2, 0.25) is 0 Å². The number of nitrogens with zero attached hydrogens (tertiary/aromatic N) is 3. The molecule has 0 amide bonds. The largest absolute Gasteiger partial charge is 0.388 e. The van der Waals surface area contributed by atoms with Crippen LogP contribution in [-0.4, -0.2) is 58.9 Å². The van der Waals surface area contributed by atoms with Crippen molar-refractivity contribution in [3.63, 3.8) is 0 Å². The zero-order valence-electron chi connectivity index (χ0n) is 12.6. The highest BCUT2D eigenvalue weighted by molar-refractivity contribution is 5.31. The van der Waals surface area contributed by atoms with Gasteiger partial charge in [-0.3, -0.25) is 9.88 Å². The first-order valence-corrected chi connectivity index (χ1v) is 7.74. The Balaban J connectivity index is 1.72. The minimum absolute atomic E-state index is 0.262. The van der Waals surface area contributed by atoms with Gasteiger partial charge >= 0.3 is 0 Å². The van der Waals surface area contributed by atoms with Gasteiger partial charge in [-0.1, -0.05) is 0 Å². The molecule has 116 valence electrons. The predicted molar refractivity (Wildman–Crippen MR) is 80.1 cm³/mol. The maximum atomic E-state index is 10.7. The molecule has 0 aliphatic carbocycles. The third kappa shape index (κ3) is 3.33. The van der Waals surface area contributed by atoms with E-state index in [-0.39, 0.29) is 6.04 Å². The summed E-state index contributed by atoms with van der Waals surface area (Å²) in [5.74, 6) is 0.795. The highest BCUT2D eigenvalue weighted by Gasteiger charge is 2.37. The van der Waals surface area contributed by atoms with E-state index in [2.05, 4.69) is 20.2 Å². The summed E-state index contributed by atoms with van der Waals surface area (Å²) >= 11 is 0. The predicted octanol–water partition coefficient (Wildman–Crippen LogP) is 1.20. The van der Waals surface area contributed by atoms with Crippen molar-refractivity contribution >= 4 is 5.82 Å². The van der Waals surface area contributed by atoms with Crippen LogP contribution in [0.3, 0.4) is 0 Å². The maximum absolute atomic E-state index is 10.7. The van der Waals surface area contributed by atoms with Gasteiger partial charge in [0.05, 0.1) is 29.7 Å². The van der Waals surface area contributed by atoms with Gasteiger partial charge in [0.15, 0.2) is 0 Å². The lowest BCUT2D eigenvalue weighted by atomic mass is 9.93. The Morgan fingerprint density at radius 1 is 1.43 bits per heavy atom. The Morgan fingerprint density at radius 3 is 3.00 bits per heavy atom. The molecule has 0 saturated carbocycles. The Bertz CT molecular complexity index is 476. The highest BCUT2D eigenvalue weighted by atomic mass is 16.5. The zero-order valence-corrected chi connectivity index (χ0v) is 12.6. The fourth-order valence-corrected chi connectivity index (χ4v) is 3.30. The van der Waals surface area contributed by atoms with E-state index in [0.29, 0.717) is 19.8 Å².